The first-order valence-electron chi connectivity index (χ1n) is 6.74. The van der Waals surface area contributed by atoms with E-state index in [0.29, 0.717) is 6.04 Å². The van der Waals surface area contributed by atoms with Crippen LogP contribution in [0.4, 0.5) is 0 Å². The van der Waals surface area contributed by atoms with E-state index < -0.39 is 0 Å². The van der Waals surface area contributed by atoms with Crippen molar-refractivity contribution in [2.45, 2.75) is 44.4 Å². The zero-order valence-corrected chi connectivity index (χ0v) is 12.5. The lowest BCUT2D eigenvalue weighted by molar-refractivity contribution is -0.0703. The molecule has 18 heavy (non-hydrogen) atoms. The highest BCUT2D eigenvalue weighted by Crippen LogP contribution is 2.38. The summed E-state index contributed by atoms with van der Waals surface area (Å²) in [6.45, 7) is 4.15. The molecular formula is C14H21NOS2. The van der Waals surface area contributed by atoms with Gasteiger partial charge in [0, 0.05) is 24.9 Å². The number of ether oxygens (including phenoxy) is 1. The van der Waals surface area contributed by atoms with E-state index in [4.69, 9.17) is 4.74 Å². The third kappa shape index (κ3) is 2.77. The van der Waals surface area contributed by atoms with E-state index in [-0.39, 0.29) is 5.60 Å². The molecule has 1 aromatic heterocycles. The topological polar surface area (TPSA) is 21.3 Å². The molecule has 2 nitrogen and oxygen atoms in total. The second-order valence-corrected chi connectivity index (χ2v) is 7.33. The van der Waals surface area contributed by atoms with Crippen LogP contribution in [0.3, 0.4) is 0 Å². The molecule has 2 atom stereocenters. The van der Waals surface area contributed by atoms with Gasteiger partial charge >= 0.3 is 0 Å². The van der Waals surface area contributed by atoms with Crippen LogP contribution in [-0.2, 0) is 11.3 Å². The summed E-state index contributed by atoms with van der Waals surface area (Å²) in [6, 6.07) is 0.636. The van der Waals surface area contributed by atoms with E-state index in [1.807, 2.05) is 11.8 Å². The molecule has 2 unspecified atom stereocenters. The molecule has 2 aliphatic heterocycles. The molecule has 0 aliphatic carbocycles. The van der Waals surface area contributed by atoms with Crippen molar-refractivity contribution in [3.8, 4) is 0 Å². The van der Waals surface area contributed by atoms with Crippen molar-refractivity contribution in [1.29, 1.82) is 0 Å². The fourth-order valence-corrected chi connectivity index (χ4v) is 5.12. The molecule has 0 bridgehead atoms. The average Bonchev–Trinajstić information content (AvgIpc) is 2.97. The first-order chi connectivity index (χ1) is 8.77. The minimum absolute atomic E-state index is 0.199. The summed E-state index contributed by atoms with van der Waals surface area (Å²) in [5.41, 5.74) is 3.08. The molecule has 3 rings (SSSR count). The minimum atomic E-state index is 0.199. The van der Waals surface area contributed by atoms with Crippen molar-refractivity contribution in [3.63, 3.8) is 0 Å². The summed E-state index contributed by atoms with van der Waals surface area (Å²) in [7, 11) is 0. The monoisotopic (exact) mass is 283 g/mol. The number of rotatable bonds is 3. The van der Waals surface area contributed by atoms with Crippen molar-refractivity contribution >= 4 is 23.1 Å². The highest BCUT2D eigenvalue weighted by Gasteiger charge is 2.40. The van der Waals surface area contributed by atoms with Gasteiger partial charge in [-0.05, 0) is 53.8 Å². The van der Waals surface area contributed by atoms with E-state index in [1.54, 1.807) is 11.3 Å². The standard InChI is InChI=1S/C14H21NOS2/c1-11-8-18-9-12(11)7-15-13-2-4-16-14(6-13)3-5-17-10-14/h8-9,13,15H,2-7,10H2,1H3. The van der Waals surface area contributed by atoms with Gasteiger partial charge in [0.2, 0.25) is 0 Å². The van der Waals surface area contributed by atoms with Gasteiger partial charge in [-0.25, -0.2) is 0 Å². The van der Waals surface area contributed by atoms with E-state index in [1.165, 1.54) is 35.5 Å². The second kappa shape index (κ2) is 5.53. The summed E-state index contributed by atoms with van der Waals surface area (Å²) in [5.74, 6) is 2.47. The van der Waals surface area contributed by atoms with Crippen LogP contribution in [0.1, 0.15) is 30.4 Å². The lowest BCUT2D eigenvalue weighted by Crippen LogP contribution is -2.47. The summed E-state index contributed by atoms with van der Waals surface area (Å²) >= 11 is 3.85. The quantitative estimate of drug-likeness (QED) is 0.920. The Morgan fingerprint density at radius 1 is 1.50 bits per heavy atom. The van der Waals surface area contributed by atoms with E-state index in [0.717, 1.165) is 19.6 Å². The van der Waals surface area contributed by atoms with Crippen LogP contribution >= 0.6 is 23.1 Å². The van der Waals surface area contributed by atoms with Gasteiger partial charge in [-0.3, -0.25) is 0 Å². The van der Waals surface area contributed by atoms with E-state index in [2.05, 4.69) is 23.0 Å². The highest BCUT2D eigenvalue weighted by molar-refractivity contribution is 7.99. The second-order valence-electron chi connectivity index (χ2n) is 5.48. The largest absolute Gasteiger partial charge is 0.374 e. The van der Waals surface area contributed by atoms with Crippen LogP contribution < -0.4 is 5.32 Å². The molecule has 1 aromatic rings. The molecule has 1 spiro atoms. The third-order valence-electron chi connectivity index (χ3n) is 4.10. The lowest BCUT2D eigenvalue weighted by atomic mass is 9.90. The molecular weight excluding hydrogens is 262 g/mol. The lowest BCUT2D eigenvalue weighted by Gasteiger charge is -2.38. The molecule has 0 radical (unpaired) electrons. The van der Waals surface area contributed by atoms with Gasteiger partial charge in [0.15, 0.2) is 0 Å². The Morgan fingerprint density at radius 3 is 3.17 bits per heavy atom. The Morgan fingerprint density at radius 2 is 2.44 bits per heavy atom. The number of aryl methyl sites for hydroxylation is 1. The van der Waals surface area contributed by atoms with Crippen molar-refractivity contribution in [1.82, 2.24) is 5.32 Å². The van der Waals surface area contributed by atoms with Gasteiger partial charge in [0.25, 0.3) is 0 Å². The smallest absolute Gasteiger partial charge is 0.0795 e. The van der Waals surface area contributed by atoms with Crippen molar-refractivity contribution in [3.05, 3.63) is 21.9 Å². The third-order valence-corrected chi connectivity index (χ3v) is 6.24. The summed E-state index contributed by atoms with van der Waals surface area (Å²) in [5, 5.41) is 8.23. The predicted molar refractivity (Wildman–Crippen MR) is 79.5 cm³/mol. The molecule has 1 N–H and O–H groups in total. The highest BCUT2D eigenvalue weighted by atomic mass is 32.2. The van der Waals surface area contributed by atoms with Gasteiger partial charge in [-0.15, -0.1) is 0 Å². The zero-order valence-electron chi connectivity index (χ0n) is 10.9. The molecule has 3 heterocycles. The summed E-state index contributed by atoms with van der Waals surface area (Å²) < 4.78 is 6.06. The molecule has 2 saturated heterocycles. The van der Waals surface area contributed by atoms with Crippen LogP contribution in [-0.4, -0.2) is 29.8 Å². The predicted octanol–water partition coefficient (Wildman–Crippen LogP) is 3.20. The molecule has 2 aliphatic rings. The van der Waals surface area contributed by atoms with Crippen LogP contribution in [0.25, 0.3) is 0 Å². The average molecular weight is 283 g/mol. The molecule has 0 aromatic carbocycles. The maximum Gasteiger partial charge on any atom is 0.0795 e. The van der Waals surface area contributed by atoms with Crippen molar-refractivity contribution in [2.75, 3.05) is 18.1 Å². The zero-order chi connectivity index (χ0) is 12.4. The number of thiophene rings is 1. The molecule has 2 fully saturated rings. The van der Waals surface area contributed by atoms with Crippen molar-refractivity contribution < 1.29 is 4.74 Å². The van der Waals surface area contributed by atoms with E-state index >= 15 is 0 Å². The van der Waals surface area contributed by atoms with Gasteiger partial charge in [-0.2, -0.15) is 23.1 Å². The maximum atomic E-state index is 6.06. The summed E-state index contributed by atoms with van der Waals surface area (Å²) in [6.07, 6.45) is 3.60. The number of nitrogens with one attached hydrogen (secondary N) is 1. The summed E-state index contributed by atoms with van der Waals surface area (Å²) in [4.78, 5) is 0. The SMILES string of the molecule is Cc1cscc1CNC1CCOC2(CCSC2)C1. The maximum absolute atomic E-state index is 6.06. The van der Waals surface area contributed by atoms with Crippen molar-refractivity contribution in [2.24, 2.45) is 0 Å². The molecule has 0 amide bonds. The fourth-order valence-electron chi connectivity index (χ4n) is 2.89. The van der Waals surface area contributed by atoms with Crippen LogP contribution in [0.5, 0.6) is 0 Å². The first kappa shape index (κ1) is 13.0. The molecule has 100 valence electrons. The molecule has 0 saturated carbocycles. The van der Waals surface area contributed by atoms with E-state index in [9.17, 15) is 0 Å². The Bertz CT molecular complexity index is 398. The number of hydrogen-bond acceptors (Lipinski definition) is 4. The van der Waals surface area contributed by atoms with Crippen LogP contribution in [0, 0.1) is 6.92 Å². The Kier molecular flexibility index (Phi) is 3.99. The van der Waals surface area contributed by atoms with Crippen LogP contribution in [0.15, 0.2) is 10.8 Å². The van der Waals surface area contributed by atoms with Gasteiger partial charge < -0.3 is 10.1 Å². The number of hydrogen-bond donors (Lipinski definition) is 1. The van der Waals surface area contributed by atoms with Gasteiger partial charge in [-0.1, -0.05) is 0 Å². The normalized spacial score (nSPS) is 32.2. The molecule has 4 heteroatoms. The Balaban J connectivity index is 1.55. The number of thioether (sulfide) groups is 1. The Hall–Kier alpha value is -0.0300. The van der Waals surface area contributed by atoms with Gasteiger partial charge in [0.1, 0.15) is 0 Å². The minimum Gasteiger partial charge on any atom is -0.374 e. The van der Waals surface area contributed by atoms with Crippen LogP contribution in [0.2, 0.25) is 0 Å². The fraction of sp³-hybridized carbons (Fsp3) is 0.714. The van der Waals surface area contributed by atoms with Gasteiger partial charge in [0.05, 0.1) is 5.60 Å². The first-order valence-corrected chi connectivity index (χ1v) is 8.84. The Labute approximate surface area is 117 Å².